The van der Waals surface area contributed by atoms with Crippen molar-refractivity contribution < 1.29 is 4.79 Å². The number of carbonyl (C=O) groups is 1. The minimum absolute atomic E-state index is 0.0768. The van der Waals surface area contributed by atoms with E-state index in [0.29, 0.717) is 19.1 Å². The van der Waals surface area contributed by atoms with Crippen LogP contribution >= 0.6 is 0 Å². The molecule has 0 spiro atoms. The average molecular weight is 232 g/mol. The molecule has 17 heavy (non-hydrogen) atoms. The standard InChI is InChI=1S/C14H20N2O/c1-11-7-8-13(11)15-10-14(17)16-9-12-5-3-2-4-6-12/h2-6,11,13,15H,7-10H2,1H3,(H,16,17). The zero-order chi connectivity index (χ0) is 12.1. The third-order valence-corrected chi connectivity index (χ3v) is 3.48. The van der Waals surface area contributed by atoms with Crippen LogP contribution in [0.25, 0.3) is 0 Å². The van der Waals surface area contributed by atoms with Gasteiger partial charge in [0.2, 0.25) is 5.91 Å². The molecule has 3 heteroatoms. The van der Waals surface area contributed by atoms with Crippen LogP contribution in [-0.4, -0.2) is 18.5 Å². The van der Waals surface area contributed by atoms with Gasteiger partial charge in [-0.2, -0.15) is 0 Å². The van der Waals surface area contributed by atoms with Crippen molar-refractivity contribution in [2.75, 3.05) is 6.54 Å². The van der Waals surface area contributed by atoms with Crippen LogP contribution in [0.3, 0.4) is 0 Å². The number of rotatable bonds is 5. The normalized spacial score (nSPS) is 22.9. The molecule has 2 unspecified atom stereocenters. The molecule has 0 radical (unpaired) electrons. The summed E-state index contributed by atoms with van der Waals surface area (Å²) in [5.41, 5.74) is 1.14. The minimum Gasteiger partial charge on any atom is -0.351 e. The van der Waals surface area contributed by atoms with Crippen molar-refractivity contribution in [2.45, 2.75) is 32.4 Å². The molecule has 0 aliphatic heterocycles. The lowest BCUT2D eigenvalue weighted by Crippen LogP contribution is -2.46. The zero-order valence-electron chi connectivity index (χ0n) is 10.3. The quantitative estimate of drug-likeness (QED) is 0.811. The van der Waals surface area contributed by atoms with Gasteiger partial charge in [0.05, 0.1) is 6.54 Å². The highest BCUT2D eigenvalue weighted by Crippen LogP contribution is 2.25. The number of hydrogen-bond acceptors (Lipinski definition) is 2. The van der Waals surface area contributed by atoms with Gasteiger partial charge in [0.25, 0.3) is 0 Å². The summed E-state index contributed by atoms with van der Waals surface area (Å²) in [5.74, 6) is 0.796. The molecule has 0 heterocycles. The lowest BCUT2D eigenvalue weighted by atomic mass is 9.81. The summed E-state index contributed by atoms with van der Waals surface area (Å²) in [5, 5.41) is 6.21. The summed E-state index contributed by atoms with van der Waals surface area (Å²) in [6.07, 6.45) is 2.48. The van der Waals surface area contributed by atoms with Crippen molar-refractivity contribution in [3.63, 3.8) is 0 Å². The molecular formula is C14H20N2O. The second-order valence-corrected chi connectivity index (χ2v) is 4.80. The van der Waals surface area contributed by atoms with Gasteiger partial charge in [-0.05, 0) is 24.3 Å². The van der Waals surface area contributed by atoms with Crippen LogP contribution in [0, 0.1) is 5.92 Å². The zero-order valence-corrected chi connectivity index (χ0v) is 10.3. The van der Waals surface area contributed by atoms with E-state index in [2.05, 4.69) is 17.6 Å². The monoisotopic (exact) mass is 232 g/mol. The second kappa shape index (κ2) is 5.82. The Bertz CT molecular complexity index is 364. The Kier molecular flexibility index (Phi) is 4.15. The molecule has 1 aliphatic rings. The van der Waals surface area contributed by atoms with E-state index in [-0.39, 0.29) is 5.91 Å². The Morgan fingerprint density at radius 3 is 2.65 bits per heavy atom. The van der Waals surface area contributed by atoms with Gasteiger partial charge in [-0.3, -0.25) is 4.79 Å². The fourth-order valence-corrected chi connectivity index (χ4v) is 2.05. The Morgan fingerprint density at radius 2 is 2.06 bits per heavy atom. The lowest BCUT2D eigenvalue weighted by molar-refractivity contribution is -0.120. The van der Waals surface area contributed by atoms with Gasteiger partial charge in [-0.1, -0.05) is 37.3 Å². The number of carbonyl (C=O) groups excluding carboxylic acids is 1. The summed E-state index contributed by atoms with van der Waals surface area (Å²) < 4.78 is 0. The Hall–Kier alpha value is -1.35. The van der Waals surface area contributed by atoms with Gasteiger partial charge >= 0.3 is 0 Å². The van der Waals surface area contributed by atoms with Gasteiger partial charge in [0.1, 0.15) is 0 Å². The highest BCUT2D eigenvalue weighted by Gasteiger charge is 2.26. The predicted octanol–water partition coefficient (Wildman–Crippen LogP) is 1.69. The van der Waals surface area contributed by atoms with Gasteiger partial charge in [0, 0.05) is 12.6 Å². The van der Waals surface area contributed by atoms with Crippen LogP contribution in [0.1, 0.15) is 25.3 Å². The molecule has 2 rings (SSSR count). The summed E-state index contributed by atoms with van der Waals surface area (Å²) in [7, 11) is 0. The summed E-state index contributed by atoms with van der Waals surface area (Å²) in [6.45, 7) is 3.27. The van der Waals surface area contributed by atoms with Crippen LogP contribution in [0.5, 0.6) is 0 Å². The Balaban J connectivity index is 1.64. The van der Waals surface area contributed by atoms with Gasteiger partial charge in [-0.15, -0.1) is 0 Å². The molecule has 0 bridgehead atoms. The number of amides is 1. The van der Waals surface area contributed by atoms with Crippen molar-refractivity contribution >= 4 is 5.91 Å². The maximum absolute atomic E-state index is 11.6. The highest BCUT2D eigenvalue weighted by atomic mass is 16.1. The smallest absolute Gasteiger partial charge is 0.234 e. The molecule has 92 valence electrons. The maximum atomic E-state index is 11.6. The van der Waals surface area contributed by atoms with E-state index in [1.54, 1.807) is 0 Å². The molecule has 1 amide bonds. The van der Waals surface area contributed by atoms with Gasteiger partial charge < -0.3 is 10.6 Å². The molecule has 1 aliphatic carbocycles. The topological polar surface area (TPSA) is 41.1 Å². The van der Waals surface area contributed by atoms with E-state index in [0.717, 1.165) is 11.5 Å². The third kappa shape index (κ3) is 3.56. The molecule has 1 aromatic rings. The molecule has 1 saturated carbocycles. The SMILES string of the molecule is CC1CCC1NCC(=O)NCc1ccccc1. The van der Waals surface area contributed by atoms with Crippen LogP contribution in [0.4, 0.5) is 0 Å². The second-order valence-electron chi connectivity index (χ2n) is 4.80. The molecule has 1 fully saturated rings. The number of nitrogens with one attached hydrogen (secondary N) is 2. The summed E-state index contributed by atoms with van der Waals surface area (Å²) in [4.78, 5) is 11.6. The minimum atomic E-state index is 0.0768. The van der Waals surface area contributed by atoms with E-state index in [4.69, 9.17) is 0 Å². The first kappa shape index (κ1) is 12.1. The van der Waals surface area contributed by atoms with E-state index in [1.165, 1.54) is 12.8 Å². The van der Waals surface area contributed by atoms with E-state index in [9.17, 15) is 4.79 Å². The Morgan fingerprint density at radius 1 is 1.29 bits per heavy atom. The first-order valence-corrected chi connectivity index (χ1v) is 6.29. The fourth-order valence-electron chi connectivity index (χ4n) is 2.05. The van der Waals surface area contributed by atoms with Crippen LogP contribution < -0.4 is 10.6 Å². The van der Waals surface area contributed by atoms with Gasteiger partial charge in [-0.25, -0.2) is 0 Å². The number of benzene rings is 1. The fraction of sp³-hybridized carbons (Fsp3) is 0.500. The molecular weight excluding hydrogens is 212 g/mol. The molecule has 2 atom stereocenters. The summed E-state index contributed by atoms with van der Waals surface area (Å²) >= 11 is 0. The molecule has 0 aromatic heterocycles. The molecule has 1 aromatic carbocycles. The van der Waals surface area contributed by atoms with Crippen molar-refractivity contribution in [1.29, 1.82) is 0 Å². The van der Waals surface area contributed by atoms with Crippen LogP contribution in [0.2, 0.25) is 0 Å². The highest BCUT2D eigenvalue weighted by molar-refractivity contribution is 5.78. The van der Waals surface area contributed by atoms with E-state index in [1.807, 2.05) is 30.3 Å². The number of hydrogen-bond donors (Lipinski definition) is 2. The molecule has 3 nitrogen and oxygen atoms in total. The molecule has 0 saturated heterocycles. The van der Waals surface area contributed by atoms with Crippen molar-refractivity contribution in [3.05, 3.63) is 35.9 Å². The average Bonchev–Trinajstić information content (AvgIpc) is 2.36. The largest absolute Gasteiger partial charge is 0.351 e. The molecule has 2 N–H and O–H groups in total. The van der Waals surface area contributed by atoms with E-state index < -0.39 is 0 Å². The first-order valence-electron chi connectivity index (χ1n) is 6.29. The van der Waals surface area contributed by atoms with Crippen molar-refractivity contribution in [2.24, 2.45) is 5.92 Å². The van der Waals surface area contributed by atoms with Crippen molar-refractivity contribution in [3.8, 4) is 0 Å². The lowest BCUT2D eigenvalue weighted by Gasteiger charge is -2.34. The third-order valence-electron chi connectivity index (χ3n) is 3.48. The van der Waals surface area contributed by atoms with E-state index >= 15 is 0 Å². The van der Waals surface area contributed by atoms with Crippen LogP contribution in [0.15, 0.2) is 30.3 Å². The Labute approximate surface area is 103 Å². The van der Waals surface area contributed by atoms with Crippen LogP contribution in [-0.2, 0) is 11.3 Å². The summed E-state index contributed by atoms with van der Waals surface area (Å²) in [6, 6.07) is 10.5. The van der Waals surface area contributed by atoms with Crippen molar-refractivity contribution in [1.82, 2.24) is 10.6 Å². The first-order chi connectivity index (χ1) is 8.25. The predicted molar refractivity (Wildman–Crippen MR) is 68.5 cm³/mol. The van der Waals surface area contributed by atoms with Gasteiger partial charge in [0.15, 0.2) is 0 Å². The maximum Gasteiger partial charge on any atom is 0.234 e.